The van der Waals surface area contributed by atoms with E-state index in [0.717, 1.165) is 32.0 Å². The van der Waals surface area contributed by atoms with Gasteiger partial charge in [-0.3, -0.25) is 4.79 Å². The first-order valence-corrected chi connectivity index (χ1v) is 9.68. The Hall–Kier alpha value is -1.97. The Balaban J connectivity index is 3.08. The van der Waals surface area contributed by atoms with Gasteiger partial charge in [-0.15, -0.1) is 6.58 Å². The van der Waals surface area contributed by atoms with Gasteiger partial charge in [0, 0.05) is 0 Å². The van der Waals surface area contributed by atoms with Crippen LogP contribution in [0.2, 0.25) is 0 Å². The lowest BCUT2D eigenvalue weighted by Crippen LogP contribution is -2.13. The van der Waals surface area contributed by atoms with Gasteiger partial charge in [-0.1, -0.05) is 46.6 Å². The van der Waals surface area contributed by atoms with E-state index in [2.05, 4.69) is 34.3 Å². The van der Waals surface area contributed by atoms with Gasteiger partial charge >= 0.3 is 0 Å². The highest BCUT2D eigenvalue weighted by Gasteiger charge is 2.19. The van der Waals surface area contributed by atoms with Gasteiger partial charge in [0.05, 0.1) is 25.4 Å². The summed E-state index contributed by atoms with van der Waals surface area (Å²) in [5.41, 5.74) is 0.485. The van der Waals surface area contributed by atoms with Gasteiger partial charge in [-0.05, 0) is 36.8 Å². The topological polar surface area (TPSA) is 44.8 Å². The zero-order chi connectivity index (χ0) is 19.4. The van der Waals surface area contributed by atoms with Gasteiger partial charge in [0.2, 0.25) is 5.75 Å². The van der Waals surface area contributed by atoms with Gasteiger partial charge in [0.15, 0.2) is 17.8 Å². The van der Waals surface area contributed by atoms with E-state index < -0.39 is 0 Å². The fourth-order valence-corrected chi connectivity index (χ4v) is 2.15. The molecule has 0 radical (unpaired) electrons. The number of carbonyl (C=O) groups is 1. The maximum absolute atomic E-state index is 11.5. The predicted molar refractivity (Wildman–Crippen MR) is 107 cm³/mol. The molecule has 1 aromatic rings. The van der Waals surface area contributed by atoms with E-state index in [1.807, 2.05) is 6.08 Å². The minimum Gasteiger partial charge on any atom is -0.489 e. The number of carbonyl (C=O) groups excluding carboxylic acids is 1. The monoisotopic (exact) mass is 362 g/mol. The van der Waals surface area contributed by atoms with Crippen molar-refractivity contribution in [3.05, 3.63) is 30.4 Å². The van der Waals surface area contributed by atoms with E-state index in [0.29, 0.717) is 54.5 Å². The molecule has 1 aromatic carbocycles. The molecule has 0 spiro atoms. The Morgan fingerprint density at radius 3 is 2.23 bits per heavy atom. The molecule has 26 heavy (non-hydrogen) atoms. The standard InChI is InChI=1S/C22H34O4/c1-6-9-10-13-24-21-19(14-23)11-12-20(25-15-17(4)7-2)22(21)26-16-18(5)8-3/h6,11-12,14,17-18H,1,7-10,13,15-16H2,2-5H3. The number of unbranched alkanes of at least 4 members (excludes halogenated alkanes) is 1. The zero-order valence-corrected chi connectivity index (χ0v) is 16.8. The van der Waals surface area contributed by atoms with Crippen molar-refractivity contribution in [3.8, 4) is 17.2 Å². The van der Waals surface area contributed by atoms with Crippen LogP contribution in [0.4, 0.5) is 0 Å². The third-order valence-corrected chi connectivity index (χ3v) is 4.46. The molecule has 4 heteroatoms. The normalized spacial score (nSPS) is 12.9. The van der Waals surface area contributed by atoms with Gasteiger partial charge < -0.3 is 14.2 Å². The van der Waals surface area contributed by atoms with E-state index in [1.165, 1.54) is 0 Å². The Kier molecular flexibility index (Phi) is 10.5. The fraction of sp³-hybridized carbons (Fsp3) is 0.591. The van der Waals surface area contributed by atoms with Crippen molar-refractivity contribution < 1.29 is 19.0 Å². The third-order valence-electron chi connectivity index (χ3n) is 4.46. The van der Waals surface area contributed by atoms with Gasteiger partial charge in [-0.2, -0.15) is 0 Å². The molecular formula is C22H34O4. The molecule has 0 fully saturated rings. The van der Waals surface area contributed by atoms with Crippen LogP contribution in [0.15, 0.2) is 24.8 Å². The highest BCUT2D eigenvalue weighted by molar-refractivity contribution is 5.82. The molecule has 0 aliphatic rings. The molecule has 0 bridgehead atoms. The number of hydrogen-bond donors (Lipinski definition) is 0. The number of allylic oxidation sites excluding steroid dienone is 1. The summed E-state index contributed by atoms with van der Waals surface area (Å²) >= 11 is 0. The predicted octanol–water partition coefficient (Wildman–Crippen LogP) is 5.69. The van der Waals surface area contributed by atoms with Gasteiger partial charge in [-0.25, -0.2) is 0 Å². The zero-order valence-electron chi connectivity index (χ0n) is 16.8. The van der Waals surface area contributed by atoms with Gasteiger partial charge in [0.1, 0.15) is 0 Å². The second-order valence-corrected chi connectivity index (χ2v) is 6.86. The molecule has 0 amide bonds. The van der Waals surface area contributed by atoms with Crippen LogP contribution < -0.4 is 14.2 Å². The van der Waals surface area contributed by atoms with Crippen molar-refractivity contribution in [3.63, 3.8) is 0 Å². The average molecular weight is 363 g/mol. The molecule has 2 atom stereocenters. The second-order valence-electron chi connectivity index (χ2n) is 6.86. The summed E-state index contributed by atoms with van der Waals surface area (Å²) in [5, 5.41) is 0. The van der Waals surface area contributed by atoms with Crippen LogP contribution in [0.3, 0.4) is 0 Å². The lowest BCUT2D eigenvalue weighted by atomic mass is 10.1. The van der Waals surface area contributed by atoms with Crippen LogP contribution in [0.1, 0.15) is 63.7 Å². The summed E-state index contributed by atoms with van der Waals surface area (Å²) < 4.78 is 18.0. The highest BCUT2D eigenvalue weighted by Crippen LogP contribution is 2.40. The summed E-state index contributed by atoms with van der Waals surface area (Å²) in [4.78, 5) is 11.5. The molecule has 4 nitrogen and oxygen atoms in total. The van der Waals surface area contributed by atoms with E-state index in [4.69, 9.17) is 14.2 Å². The van der Waals surface area contributed by atoms with Crippen LogP contribution >= 0.6 is 0 Å². The summed E-state index contributed by atoms with van der Waals surface area (Å²) in [6.45, 7) is 13.9. The SMILES string of the molecule is C=CCCCOc1c(C=O)ccc(OCC(C)CC)c1OCC(C)CC. The molecule has 0 saturated carbocycles. The summed E-state index contributed by atoms with van der Waals surface area (Å²) in [6, 6.07) is 3.53. The molecule has 0 saturated heterocycles. The molecule has 0 aliphatic carbocycles. The van der Waals surface area contributed by atoms with Crippen LogP contribution in [-0.4, -0.2) is 26.1 Å². The molecule has 0 N–H and O–H groups in total. The highest BCUT2D eigenvalue weighted by atomic mass is 16.5. The molecule has 1 rings (SSSR count). The number of aldehydes is 1. The quantitative estimate of drug-likeness (QED) is 0.242. The van der Waals surface area contributed by atoms with E-state index >= 15 is 0 Å². The first kappa shape index (κ1) is 22.1. The Labute approximate surface area is 158 Å². The van der Waals surface area contributed by atoms with Gasteiger partial charge in [0.25, 0.3) is 0 Å². The molecule has 0 aliphatic heterocycles. The van der Waals surface area contributed by atoms with Crippen LogP contribution in [0, 0.1) is 11.8 Å². The number of hydrogen-bond acceptors (Lipinski definition) is 4. The largest absolute Gasteiger partial charge is 0.489 e. The minimum atomic E-state index is 0.408. The van der Waals surface area contributed by atoms with Crippen molar-refractivity contribution in [1.29, 1.82) is 0 Å². The van der Waals surface area contributed by atoms with Crippen molar-refractivity contribution in [2.45, 2.75) is 53.4 Å². The maximum Gasteiger partial charge on any atom is 0.204 e. The minimum absolute atomic E-state index is 0.408. The molecule has 2 unspecified atom stereocenters. The summed E-state index contributed by atoms with van der Waals surface area (Å²) in [6.07, 6.45) is 6.42. The van der Waals surface area contributed by atoms with Crippen molar-refractivity contribution >= 4 is 6.29 Å². The van der Waals surface area contributed by atoms with Crippen molar-refractivity contribution in [2.24, 2.45) is 11.8 Å². The van der Waals surface area contributed by atoms with Crippen LogP contribution in [0.25, 0.3) is 0 Å². The Bertz CT molecular complexity index is 553. The van der Waals surface area contributed by atoms with Crippen molar-refractivity contribution in [1.82, 2.24) is 0 Å². The smallest absolute Gasteiger partial charge is 0.204 e. The maximum atomic E-state index is 11.5. The lowest BCUT2D eigenvalue weighted by Gasteiger charge is -2.20. The number of rotatable bonds is 14. The third kappa shape index (κ3) is 7.11. The fourth-order valence-electron chi connectivity index (χ4n) is 2.15. The first-order chi connectivity index (χ1) is 12.6. The number of benzene rings is 1. The lowest BCUT2D eigenvalue weighted by molar-refractivity contribution is 0.111. The first-order valence-electron chi connectivity index (χ1n) is 9.68. The second kappa shape index (κ2) is 12.4. The Morgan fingerprint density at radius 2 is 1.65 bits per heavy atom. The van der Waals surface area contributed by atoms with E-state index in [-0.39, 0.29) is 0 Å². The molecule has 146 valence electrons. The Morgan fingerprint density at radius 1 is 1.00 bits per heavy atom. The summed E-state index contributed by atoms with van der Waals surface area (Å²) in [7, 11) is 0. The molecule has 0 heterocycles. The van der Waals surface area contributed by atoms with E-state index in [1.54, 1.807) is 12.1 Å². The summed E-state index contributed by atoms with van der Waals surface area (Å²) in [5.74, 6) is 2.51. The van der Waals surface area contributed by atoms with Crippen molar-refractivity contribution in [2.75, 3.05) is 19.8 Å². The average Bonchev–Trinajstić information content (AvgIpc) is 2.67. The molecular weight excluding hydrogens is 328 g/mol. The molecule has 0 aromatic heterocycles. The van der Waals surface area contributed by atoms with Crippen LogP contribution in [0.5, 0.6) is 17.2 Å². The number of ether oxygens (including phenoxy) is 3. The van der Waals surface area contributed by atoms with E-state index in [9.17, 15) is 4.79 Å². The van der Waals surface area contributed by atoms with Crippen LogP contribution in [-0.2, 0) is 0 Å².